The highest BCUT2D eigenvalue weighted by Crippen LogP contribution is 2.11. The summed E-state index contributed by atoms with van der Waals surface area (Å²) in [5.74, 6) is 0.416. The van der Waals surface area contributed by atoms with Crippen LogP contribution in [0.3, 0.4) is 0 Å². The number of anilines is 1. The van der Waals surface area contributed by atoms with Crippen molar-refractivity contribution in [1.29, 1.82) is 0 Å². The van der Waals surface area contributed by atoms with E-state index in [-0.39, 0.29) is 5.56 Å². The predicted molar refractivity (Wildman–Crippen MR) is 76.1 cm³/mol. The molecular weight excluding hydrogens is 318 g/mol. The van der Waals surface area contributed by atoms with E-state index < -0.39 is 0 Å². The van der Waals surface area contributed by atoms with Gasteiger partial charge in [-0.3, -0.25) is 9.78 Å². The second-order valence-corrected chi connectivity index (χ2v) is 4.90. The first-order valence-corrected chi connectivity index (χ1v) is 6.73. The van der Waals surface area contributed by atoms with Crippen LogP contribution in [0.4, 0.5) is 5.95 Å². The lowest BCUT2D eigenvalue weighted by atomic mass is 10.5. The fourth-order valence-corrected chi connectivity index (χ4v) is 2.35. The van der Waals surface area contributed by atoms with E-state index in [1.54, 1.807) is 18.4 Å². The highest BCUT2D eigenvalue weighted by atomic mass is 79.9. The molecule has 3 aromatic rings. The summed E-state index contributed by atoms with van der Waals surface area (Å²) in [6, 6.07) is 2.02. The normalized spacial score (nSPS) is 9.89. The first-order chi connectivity index (χ1) is 8.70. The Labute approximate surface area is 115 Å². The summed E-state index contributed by atoms with van der Waals surface area (Å²) in [7, 11) is 1.68. The molecule has 94 valence electrons. The zero-order valence-electron chi connectivity index (χ0n) is 9.40. The van der Waals surface area contributed by atoms with Crippen LogP contribution in [0.1, 0.15) is 0 Å². The molecule has 3 rings (SSSR count). The lowest BCUT2D eigenvalue weighted by Crippen LogP contribution is -2.11. The van der Waals surface area contributed by atoms with Crippen molar-refractivity contribution in [3.63, 3.8) is 0 Å². The van der Waals surface area contributed by atoms with Crippen LogP contribution in [-0.4, -0.2) is 27.0 Å². The quantitative estimate of drug-likeness (QED) is 0.639. The maximum atomic E-state index is 11.2. The minimum Gasteiger partial charge on any atom is -0.359 e. The molecule has 0 amide bonds. The summed E-state index contributed by atoms with van der Waals surface area (Å²) in [6.45, 7) is 0. The SMILES string of the molecule is Brc1ccsc1.CNc1nc2nc[nH]c2c(=O)[nH]1. The standard InChI is InChI=1S/C6H7N5O.C4H3BrS/c1-7-6-10-4-3(5(12)11-6)8-2-9-4;5-4-1-2-6-3-4/h2H,1H3,(H3,7,8,9,10,11,12);1-3H. The van der Waals surface area contributed by atoms with E-state index in [9.17, 15) is 4.79 Å². The number of aromatic amines is 2. The molecule has 3 heterocycles. The topological polar surface area (TPSA) is 86.5 Å². The third kappa shape index (κ3) is 2.96. The van der Waals surface area contributed by atoms with Gasteiger partial charge in [0.1, 0.15) is 0 Å². The van der Waals surface area contributed by atoms with Crippen molar-refractivity contribution in [3.8, 4) is 0 Å². The molecule has 0 aliphatic rings. The zero-order chi connectivity index (χ0) is 13.0. The zero-order valence-corrected chi connectivity index (χ0v) is 11.8. The smallest absolute Gasteiger partial charge is 0.278 e. The molecule has 0 saturated carbocycles. The highest BCUT2D eigenvalue weighted by molar-refractivity contribution is 9.10. The van der Waals surface area contributed by atoms with E-state index in [2.05, 4.69) is 41.2 Å². The lowest BCUT2D eigenvalue weighted by molar-refractivity contribution is 1.14. The van der Waals surface area contributed by atoms with Crippen LogP contribution in [0, 0.1) is 0 Å². The van der Waals surface area contributed by atoms with Crippen LogP contribution in [0.2, 0.25) is 0 Å². The molecule has 3 aromatic heterocycles. The summed E-state index contributed by atoms with van der Waals surface area (Å²) in [5, 5.41) is 6.80. The molecule has 3 N–H and O–H groups in total. The van der Waals surface area contributed by atoms with Crippen LogP contribution in [0.5, 0.6) is 0 Å². The van der Waals surface area contributed by atoms with Crippen LogP contribution < -0.4 is 10.9 Å². The fraction of sp³-hybridized carbons (Fsp3) is 0.100. The summed E-state index contributed by atoms with van der Waals surface area (Å²) in [5.41, 5.74) is 0.596. The van der Waals surface area contributed by atoms with Crippen LogP contribution in [0.15, 0.2) is 32.4 Å². The van der Waals surface area contributed by atoms with Crippen molar-refractivity contribution >= 4 is 44.4 Å². The largest absolute Gasteiger partial charge is 0.359 e. The Morgan fingerprint density at radius 3 is 2.89 bits per heavy atom. The number of rotatable bonds is 1. The van der Waals surface area contributed by atoms with Gasteiger partial charge in [-0.05, 0) is 27.4 Å². The van der Waals surface area contributed by atoms with E-state index in [1.807, 2.05) is 16.8 Å². The first-order valence-electron chi connectivity index (χ1n) is 4.99. The summed E-state index contributed by atoms with van der Waals surface area (Å²) >= 11 is 4.98. The average molecular weight is 328 g/mol. The van der Waals surface area contributed by atoms with Gasteiger partial charge < -0.3 is 10.3 Å². The Hall–Kier alpha value is -1.67. The molecule has 6 nitrogen and oxygen atoms in total. The second kappa shape index (κ2) is 5.78. The van der Waals surface area contributed by atoms with Gasteiger partial charge in [0.05, 0.1) is 6.33 Å². The maximum Gasteiger partial charge on any atom is 0.278 e. The van der Waals surface area contributed by atoms with Gasteiger partial charge >= 0.3 is 0 Å². The van der Waals surface area contributed by atoms with Crippen molar-refractivity contribution in [2.45, 2.75) is 0 Å². The molecule has 0 aromatic carbocycles. The number of aromatic nitrogens is 4. The number of hydrogen-bond acceptors (Lipinski definition) is 5. The van der Waals surface area contributed by atoms with Crippen molar-refractivity contribution in [2.75, 3.05) is 12.4 Å². The number of nitrogens with one attached hydrogen (secondary N) is 3. The number of H-pyrrole nitrogens is 2. The van der Waals surface area contributed by atoms with Crippen molar-refractivity contribution < 1.29 is 0 Å². The Balaban J connectivity index is 0.000000169. The molecule has 0 aliphatic carbocycles. The predicted octanol–water partition coefficient (Wildman–Crippen LogP) is 2.20. The number of fused-ring (bicyclic) bond motifs is 1. The van der Waals surface area contributed by atoms with Crippen LogP contribution in [0.25, 0.3) is 11.2 Å². The summed E-state index contributed by atoms with van der Waals surface area (Å²) < 4.78 is 1.17. The summed E-state index contributed by atoms with van der Waals surface area (Å²) in [4.78, 5) is 24.3. The van der Waals surface area contributed by atoms with E-state index in [0.717, 1.165) is 0 Å². The van der Waals surface area contributed by atoms with Crippen LogP contribution >= 0.6 is 27.3 Å². The number of nitrogens with zero attached hydrogens (tertiary/aromatic N) is 2. The van der Waals surface area contributed by atoms with Gasteiger partial charge in [0, 0.05) is 16.9 Å². The molecule has 0 fully saturated rings. The molecule has 8 heteroatoms. The first kappa shape index (κ1) is 12.8. The number of imidazole rings is 1. The van der Waals surface area contributed by atoms with Gasteiger partial charge in [-0.25, -0.2) is 4.98 Å². The minimum atomic E-state index is -0.221. The second-order valence-electron chi connectivity index (χ2n) is 3.21. The fourth-order valence-electron chi connectivity index (χ4n) is 1.21. The van der Waals surface area contributed by atoms with E-state index in [0.29, 0.717) is 17.1 Å². The monoisotopic (exact) mass is 327 g/mol. The third-order valence-electron chi connectivity index (χ3n) is 2.02. The number of hydrogen-bond donors (Lipinski definition) is 3. The number of halogens is 1. The molecule has 0 aliphatic heterocycles. The molecule has 0 unspecified atom stereocenters. The van der Waals surface area contributed by atoms with Gasteiger partial charge in [-0.15, -0.1) is 0 Å². The van der Waals surface area contributed by atoms with E-state index in [4.69, 9.17) is 0 Å². The average Bonchev–Trinajstić information content (AvgIpc) is 3.00. The Bertz CT molecular complexity index is 675. The Morgan fingerprint density at radius 2 is 2.33 bits per heavy atom. The van der Waals surface area contributed by atoms with Crippen molar-refractivity contribution in [1.82, 2.24) is 19.9 Å². The molecule has 0 atom stereocenters. The maximum absolute atomic E-state index is 11.2. The lowest BCUT2D eigenvalue weighted by Gasteiger charge is -1.95. The minimum absolute atomic E-state index is 0.221. The molecule has 0 saturated heterocycles. The van der Waals surface area contributed by atoms with Crippen LogP contribution in [-0.2, 0) is 0 Å². The Kier molecular flexibility index (Phi) is 4.11. The van der Waals surface area contributed by atoms with Gasteiger partial charge in [-0.1, -0.05) is 0 Å². The van der Waals surface area contributed by atoms with Crippen molar-refractivity contribution in [2.24, 2.45) is 0 Å². The molecular formula is C10H10BrN5OS. The molecule has 0 bridgehead atoms. The van der Waals surface area contributed by atoms with Gasteiger partial charge in [0.15, 0.2) is 11.2 Å². The van der Waals surface area contributed by atoms with Crippen molar-refractivity contribution in [3.05, 3.63) is 38.0 Å². The van der Waals surface area contributed by atoms with Gasteiger partial charge in [-0.2, -0.15) is 16.3 Å². The molecule has 18 heavy (non-hydrogen) atoms. The highest BCUT2D eigenvalue weighted by Gasteiger charge is 2.03. The van der Waals surface area contributed by atoms with Gasteiger partial charge in [0.2, 0.25) is 5.95 Å². The van der Waals surface area contributed by atoms with E-state index in [1.165, 1.54) is 10.8 Å². The van der Waals surface area contributed by atoms with E-state index >= 15 is 0 Å². The third-order valence-corrected chi connectivity index (χ3v) is 3.50. The molecule has 0 spiro atoms. The molecule has 0 radical (unpaired) electrons. The summed E-state index contributed by atoms with van der Waals surface area (Å²) in [6.07, 6.45) is 1.44. The Morgan fingerprint density at radius 1 is 1.50 bits per heavy atom. The number of thiophene rings is 1. The van der Waals surface area contributed by atoms with Gasteiger partial charge in [0.25, 0.3) is 5.56 Å².